The smallest absolute Gasteiger partial charge is 0.162 e. The molecule has 1 aromatic carbocycles. The minimum atomic E-state index is -0.767. The fraction of sp³-hybridized carbons (Fsp3) is 0.538. The van der Waals surface area contributed by atoms with Crippen LogP contribution < -0.4 is 5.32 Å². The Balaban J connectivity index is 2.82. The van der Waals surface area contributed by atoms with Crippen LogP contribution in [0.2, 0.25) is 0 Å². The van der Waals surface area contributed by atoms with Crippen molar-refractivity contribution < 1.29 is 8.78 Å². The summed E-state index contributed by atoms with van der Waals surface area (Å²) in [5.74, 6) is -1.05. The highest BCUT2D eigenvalue weighted by molar-refractivity contribution is 5.20. The first-order chi connectivity index (χ1) is 7.60. The first kappa shape index (κ1) is 13.1. The van der Waals surface area contributed by atoms with Crippen LogP contribution >= 0.6 is 0 Å². The molecular formula is C13H19F2N. The van der Waals surface area contributed by atoms with Gasteiger partial charge < -0.3 is 5.32 Å². The van der Waals surface area contributed by atoms with Crippen LogP contribution in [0.15, 0.2) is 18.2 Å². The lowest BCUT2D eigenvalue weighted by Crippen LogP contribution is -2.34. The third kappa shape index (κ3) is 3.01. The van der Waals surface area contributed by atoms with Crippen molar-refractivity contribution in [2.75, 3.05) is 7.05 Å². The molecule has 2 atom stereocenters. The van der Waals surface area contributed by atoms with Crippen LogP contribution in [0.25, 0.3) is 0 Å². The molecule has 0 amide bonds. The van der Waals surface area contributed by atoms with Gasteiger partial charge in [-0.1, -0.05) is 32.4 Å². The van der Waals surface area contributed by atoms with Crippen LogP contribution in [-0.4, -0.2) is 13.1 Å². The summed E-state index contributed by atoms with van der Waals surface area (Å²) in [4.78, 5) is 0. The van der Waals surface area contributed by atoms with E-state index in [2.05, 4.69) is 19.2 Å². The Labute approximate surface area is 95.9 Å². The van der Waals surface area contributed by atoms with Crippen LogP contribution in [0, 0.1) is 17.6 Å². The SMILES string of the molecule is CCC(C)C(Cc1cccc(F)c1F)NC. The van der Waals surface area contributed by atoms with Gasteiger partial charge in [-0.15, -0.1) is 0 Å². The minimum absolute atomic E-state index is 0.182. The monoisotopic (exact) mass is 227 g/mol. The molecule has 16 heavy (non-hydrogen) atoms. The maximum atomic E-state index is 13.5. The predicted octanol–water partition coefficient (Wildman–Crippen LogP) is 3.14. The van der Waals surface area contributed by atoms with Crippen molar-refractivity contribution in [1.82, 2.24) is 5.32 Å². The van der Waals surface area contributed by atoms with Gasteiger partial charge in [0.2, 0.25) is 0 Å². The van der Waals surface area contributed by atoms with Crippen LogP contribution in [0.5, 0.6) is 0 Å². The van der Waals surface area contributed by atoms with Gasteiger partial charge in [0.05, 0.1) is 0 Å². The summed E-state index contributed by atoms with van der Waals surface area (Å²) in [6, 6.07) is 4.53. The molecule has 0 heterocycles. The normalized spacial score (nSPS) is 14.8. The summed E-state index contributed by atoms with van der Waals surface area (Å²) in [5.41, 5.74) is 0.444. The average Bonchev–Trinajstić information content (AvgIpc) is 2.30. The van der Waals surface area contributed by atoms with E-state index in [4.69, 9.17) is 0 Å². The summed E-state index contributed by atoms with van der Waals surface area (Å²) in [6.07, 6.45) is 1.54. The highest BCUT2D eigenvalue weighted by Crippen LogP contribution is 2.17. The topological polar surface area (TPSA) is 12.0 Å². The summed E-state index contributed by atoms with van der Waals surface area (Å²) in [6.45, 7) is 4.20. The van der Waals surface area contributed by atoms with E-state index in [-0.39, 0.29) is 6.04 Å². The number of halogens is 2. The van der Waals surface area contributed by atoms with E-state index in [0.717, 1.165) is 12.5 Å². The number of benzene rings is 1. The van der Waals surface area contributed by atoms with Gasteiger partial charge >= 0.3 is 0 Å². The Kier molecular flexibility index (Phi) is 4.87. The van der Waals surface area contributed by atoms with Gasteiger partial charge in [0.15, 0.2) is 11.6 Å². The van der Waals surface area contributed by atoms with Gasteiger partial charge in [0.25, 0.3) is 0 Å². The fourth-order valence-electron chi connectivity index (χ4n) is 1.82. The molecular weight excluding hydrogens is 208 g/mol. The molecule has 90 valence electrons. The van der Waals surface area contributed by atoms with Crippen LogP contribution in [0.3, 0.4) is 0 Å². The Hall–Kier alpha value is -0.960. The lowest BCUT2D eigenvalue weighted by atomic mass is 9.93. The second-order valence-electron chi connectivity index (χ2n) is 4.20. The molecule has 0 fully saturated rings. The molecule has 1 nitrogen and oxygen atoms in total. The molecule has 0 aliphatic carbocycles. The van der Waals surface area contributed by atoms with E-state index in [1.807, 2.05) is 7.05 Å². The zero-order valence-electron chi connectivity index (χ0n) is 10.1. The molecule has 1 aromatic rings. The number of hydrogen-bond acceptors (Lipinski definition) is 1. The summed E-state index contributed by atoms with van der Waals surface area (Å²) in [7, 11) is 1.86. The fourth-order valence-corrected chi connectivity index (χ4v) is 1.82. The van der Waals surface area contributed by atoms with Crippen molar-refractivity contribution >= 4 is 0 Å². The van der Waals surface area contributed by atoms with Crippen molar-refractivity contribution in [1.29, 1.82) is 0 Å². The summed E-state index contributed by atoms with van der Waals surface area (Å²) < 4.78 is 26.5. The highest BCUT2D eigenvalue weighted by atomic mass is 19.2. The van der Waals surface area contributed by atoms with E-state index in [1.165, 1.54) is 0 Å². The molecule has 0 spiro atoms. The van der Waals surface area contributed by atoms with Crippen molar-refractivity contribution in [3.63, 3.8) is 0 Å². The van der Waals surface area contributed by atoms with Gasteiger partial charge in [-0.2, -0.15) is 0 Å². The molecule has 0 radical (unpaired) electrons. The van der Waals surface area contributed by atoms with E-state index >= 15 is 0 Å². The molecule has 0 aromatic heterocycles. The third-order valence-corrected chi connectivity index (χ3v) is 3.17. The second-order valence-corrected chi connectivity index (χ2v) is 4.20. The first-order valence-electron chi connectivity index (χ1n) is 5.70. The Bertz CT molecular complexity index is 339. The Morgan fingerprint density at radius 3 is 2.56 bits per heavy atom. The number of likely N-dealkylation sites (N-methyl/N-ethyl adjacent to an activating group) is 1. The van der Waals surface area contributed by atoms with Crippen LogP contribution in [-0.2, 0) is 6.42 Å². The van der Waals surface area contributed by atoms with Crippen molar-refractivity contribution in [3.8, 4) is 0 Å². The number of hydrogen-bond donors (Lipinski definition) is 1. The largest absolute Gasteiger partial charge is 0.316 e. The van der Waals surface area contributed by atoms with E-state index in [9.17, 15) is 8.78 Å². The zero-order valence-corrected chi connectivity index (χ0v) is 10.1. The standard InChI is InChI=1S/C13H19F2N/c1-4-9(2)12(16-3)8-10-6-5-7-11(14)13(10)15/h5-7,9,12,16H,4,8H2,1-3H3. The lowest BCUT2D eigenvalue weighted by molar-refractivity contribution is 0.379. The first-order valence-corrected chi connectivity index (χ1v) is 5.70. The van der Waals surface area contributed by atoms with Gasteiger partial charge in [-0.3, -0.25) is 0 Å². The van der Waals surface area contributed by atoms with Crippen molar-refractivity contribution in [2.45, 2.75) is 32.7 Å². The Morgan fingerprint density at radius 2 is 2.00 bits per heavy atom. The van der Waals surface area contributed by atoms with Gasteiger partial charge in [-0.25, -0.2) is 8.78 Å². The molecule has 0 bridgehead atoms. The van der Waals surface area contributed by atoms with E-state index in [1.54, 1.807) is 12.1 Å². The zero-order chi connectivity index (χ0) is 12.1. The van der Waals surface area contributed by atoms with Gasteiger partial charge in [0, 0.05) is 6.04 Å². The number of rotatable bonds is 5. The maximum Gasteiger partial charge on any atom is 0.162 e. The molecule has 0 saturated heterocycles. The molecule has 0 aliphatic rings. The maximum absolute atomic E-state index is 13.5. The average molecular weight is 227 g/mol. The van der Waals surface area contributed by atoms with Crippen LogP contribution in [0.1, 0.15) is 25.8 Å². The number of nitrogens with one attached hydrogen (secondary N) is 1. The quantitative estimate of drug-likeness (QED) is 0.814. The molecule has 3 heteroatoms. The molecule has 1 rings (SSSR count). The summed E-state index contributed by atoms with van der Waals surface area (Å²) >= 11 is 0. The van der Waals surface area contributed by atoms with Gasteiger partial charge in [0.1, 0.15) is 0 Å². The van der Waals surface area contributed by atoms with Crippen molar-refractivity contribution in [3.05, 3.63) is 35.4 Å². The second kappa shape index (κ2) is 5.94. The minimum Gasteiger partial charge on any atom is -0.316 e. The molecule has 0 saturated carbocycles. The predicted molar refractivity (Wildman–Crippen MR) is 62.4 cm³/mol. The Morgan fingerprint density at radius 1 is 1.31 bits per heavy atom. The van der Waals surface area contributed by atoms with E-state index in [0.29, 0.717) is 17.9 Å². The molecule has 1 N–H and O–H groups in total. The summed E-state index contributed by atoms with van der Waals surface area (Å²) in [5, 5.41) is 3.16. The van der Waals surface area contributed by atoms with Crippen LogP contribution in [0.4, 0.5) is 8.78 Å². The molecule has 2 unspecified atom stereocenters. The molecule has 0 aliphatic heterocycles. The third-order valence-electron chi connectivity index (χ3n) is 3.17. The highest BCUT2D eigenvalue weighted by Gasteiger charge is 2.17. The van der Waals surface area contributed by atoms with E-state index < -0.39 is 11.6 Å². The van der Waals surface area contributed by atoms with Crippen molar-refractivity contribution in [2.24, 2.45) is 5.92 Å². The van der Waals surface area contributed by atoms with Gasteiger partial charge in [-0.05, 0) is 31.0 Å². The lowest BCUT2D eigenvalue weighted by Gasteiger charge is -2.22.